The molecular weight excluding hydrogens is 343 g/mol. The summed E-state index contributed by atoms with van der Waals surface area (Å²) in [5.74, 6) is -0.714. The molecule has 0 spiro atoms. The second kappa shape index (κ2) is 6.17. The number of unbranched alkanes of at least 4 members (excludes halogenated alkanes) is 2. The van der Waals surface area contributed by atoms with E-state index in [0.717, 1.165) is 36.7 Å². The molecule has 0 aliphatic rings. The van der Waals surface area contributed by atoms with E-state index in [1.165, 1.54) is 3.57 Å². The average Bonchev–Trinajstić information content (AvgIpc) is 2.71. The van der Waals surface area contributed by atoms with Gasteiger partial charge in [-0.25, -0.2) is 0 Å². The molecule has 4 nitrogen and oxygen atoms in total. The molecule has 1 heterocycles. The lowest BCUT2D eigenvalue weighted by Crippen LogP contribution is -2.00. The molecule has 0 aliphatic carbocycles. The van der Waals surface area contributed by atoms with Gasteiger partial charge >= 0.3 is 5.97 Å². The van der Waals surface area contributed by atoms with E-state index >= 15 is 0 Å². The minimum absolute atomic E-state index is 0.262. The topological polar surface area (TPSA) is 55.1 Å². The smallest absolute Gasteiger partial charge is 0.303 e. The molecule has 0 unspecified atom stereocenters. The summed E-state index contributed by atoms with van der Waals surface area (Å²) in [6.45, 7) is 0.850. The summed E-state index contributed by atoms with van der Waals surface area (Å²) in [6, 6.07) is 6.27. The number of aryl methyl sites for hydroxylation is 1. The van der Waals surface area contributed by atoms with Crippen molar-refractivity contribution in [2.75, 3.05) is 0 Å². The van der Waals surface area contributed by atoms with Gasteiger partial charge in [0.2, 0.25) is 0 Å². The maximum absolute atomic E-state index is 10.4. The molecule has 0 amide bonds. The van der Waals surface area contributed by atoms with Gasteiger partial charge in [-0.15, -0.1) is 0 Å². The first kappa shape index (κ1) is 13.3. The Bertz CT molecular complexity index is 551. The van der Waals surface area contributed by atoms with Crippen molar-refractivity contribution in [3.63, 3.8) is 0 Å². The van der Waals surface area contributed by atoms with Crippen LogP contribution in [0.15, 0.2) is 24.4 Å². The normalized spacial score (nSPS) is 10.9. The second-order valence-electron chi connectivity index (χ2n) is 4.28. The van der Waals surface area contributed by atoms with E-state index in [2.05, 4.69) is 45.9 Å². The summed E-state index contributed by atoms with van der Waals surface area (Å²) < 4.78 is 3.20. The number of rotatable bonds is 6. The fraction of sp³-hybridized carbons (Fsp3) is 0.385. The van der Waals surface area contributed by atoms with Crippen LogP contribution in [0.2, 0.25) is 0 Å². The van der Waals surface area contributed by atoms with Crippen molar-refractivity contribution in [1.82, 2.24) is 9.78 Å². The zero-order valence-corrected chi connectivity index (χ0v) is 12.1. The Kier molecular flexibility index (Phi) is 4.57. The largest absolute Gasteiger partial charge is 0.481 e. The number of hydrogen-bond donors (Lipinski definition) is 1. The minimum atomic E-state index is -0.714. The SMILES string of the molecule is O=C(O)CCCCCn1ncc2ccc(I)cc21. The van der Waals surface area contributed by atoms with Gasteiger partial charge in [-0.1, -0.05) is 12.5 Å². The number of aromatic nitrogens is 2. The third-order valence-electron chi connectivity index (χ3n) is 2.87. The quantitative estimate of drug-likeness (QED) is 0.637. The third-order valence-corrected chi connectivity index (χ3v) is 3.54. The standard InChI is InChI=1S/C13H15IN2O2/c14-11-6-5-10-9-15-16(12(10)8-11)7-3-1-2-4-13(17)18/h5-6,8-9H,1-4,7H2,(H,17,18). The highest BCUT2D eigenvalue weighted by molar-refractivity contribution is 14.1. The summed E-state index contributed by atoms with van der Waals surface area (Å²) in [7, 11) is 0. The Hall–Kier alpha value is -1.11. The van der Waals surface area contributed by atoms with Gasteiger partial charge in [0.15, 0.2) is 0 Å². The van der Waals surface area contributed by atoms with Crippen molar-refractivity contribution >= 4 is 39.5 Å². The number of fused-ring (bicyclic) bond motifs is 1. The summed E-state index contributed by atoms with van der Waals surface area (Å²) in [4.78, 5) is 10.4. The summed E-state index contributed by atoms with van der Waals surface area (Å²) in [6.07, 6.45) is 4.78. The molecule has 1 aromatic heterocycles. The van der Waals surface area contributed by atoms with Gasteiger partial charge in [-0.05, 0) is 47.6 Å². The van der Waals surface area contributed by atoms with Gasteiger partial charge in [-0.3, -0.25) is 9.48 Å². The highest BCUT2D eigenvalue weighted by Gasteiger charge is 2.03. The number of nitrogens with zero attached hydrogens (tertiary/aromatic N) is 2. The van der Waals surface area contributed by atoms with Gasteiger partial charge in [0.1, 0.15) is 0 Å². The zero-order valence-electron chi connectivity index (χ0n) is 9.97. The van der Waals surface area contributed by atoms with E-state index < -0.39 is 5.97 Å². The fourth-order valence-corrected chi connectivity index (χ4v) is 2.41. The Morgan fingerprint density at radius 3 is 2.94 bits per heavy atom. The van der Waals surface area contributed by atoms with Gasteiger partial charge in [-0.2, -0.15) is 5.10 Å². The fourth-order valence-electron chi connectivity index (χ4n) is 1.94. The number of carbonyl (C=O) groups is 1. The van der Waals surface area contributed by atoms with Gasteiger partial charge in [0.25, 0.3) is 0 Å². The molecule has 96 valence electrons. The second-order valence-corrected chi connectivity index (χ2v) is 5.52. The number of halogens is 1. The van der Waals surface area contributed by atoms with Crippen LogP contribution >= 0.6 is 22.6 Å². The maximum atomic E-state index is 10.4. The number of aliphatic carboxylic acids is 1. The van der Waals surface area contributed by atoms with E-state index in [4.69, 9.17) is 5.11 Å². The van der Waals surface area contributed by atoms with Crippen LogP contribution in [0, 0.1) is 3.57 Å². The predicted molar refractivity (Wildman–Crippen MR) is 78.6 cm³/mol. The monoisotopic (exact) mass is 358 g/mol. The van der Waals surface area contributed by atoms with E-state index in [0.29, 0.717) is 0 Å². The van der Waals surface area contributed by atoms with Crippen LogP contribution in [-0.4, -0.2) is 20.9 Å². The molecular formula is C13H15IN2O2. The Morgan fingerprint density at radius 1 is 1.33 bits per heavy atom. The molecule has 18 heavy (non-hydrogen) atoms. The van der Waals surface area contributed by atoms with E-state index in [1.807, 2.05) is 10.9 Å². The number of hydrogen-bond acceptors (Lipinski definition) is 2. The van der Waals surface area contributed by atoms with Crippen LogP contribution in [0.25, 0.3) is 10.9 Å². The van der Waals surface area contributed by atoms with Crippen molar-refractivity contribution in [3.8, 4) is 0 Å². The van der Waals surface area contributed by atoms with E-state index in [-0.39, 0.29) is 6.42 Å². The van der Waals surface area contributed by atoms with E-state index in [9.17, 15) is 4.79 Å². The molecule has 0 atom stereocenters. The van der Waals surface area contributed by atoms with Crippen molar-refractivity contribution in [2.45, 2.75) is 32.2 Å². The molecule has 2 aromatic rings. The number of benzene rings is 1. The lowest BCUT2D eigenvalue weighted by atomic mass is 10.2. The van der Waals surface area contributed by atoms with Crippen molar-refractivity contribution < 1.29 is 9.90 Å². The number of carboxylic acids is 1. The first-order valence-corrected chi connectivity index (χ1v) is 7.07. The maximum Gasteiger partial charge on any atom is 0.303 e. The molecule has 1 aromatic carbocycles. The van der Waals surface area contributed by atoms with Crippen molar-refractivity contribution in [3.05, 3.63) is 28.0 Å². The summed E-state index contributed by atoms with van der Waals surface area (Å²) in [5, 5.41) is 14.1. The predicted octanol–water partition coefficient (Wildman–Crippen LogP) is 3.29. The van der Waals surface area contributed by atoms with Crippen LogP contribution in [-0.2, 0) is 11.3 Å². The summed E-state index contributed by atoms with van der Waals surface area (Å²) >= 11 is 2.29. The molecule has 0 aliphatic heterocycles. The first-order valence-electron chi connectivity index (χ1n) is 6.00. The molecule has 0 fully saturated rings. The van der Waals surface area contributed by atoms with Crippen LogP contribution in [0.1, 0.15) is 25.7 Å². The highest BCUT2D eigenvalue weighted by atomic mass is 127. The lowest BCUT2D eigenvalue weighted by Gasteiger charge is -2.03. The Labute approximate surface area is 119 Å². The zero-order chi connectivity index (χ0) is 13.0. The molecule has 2 rings (SSSR count). The third kappa shape index (κ3) is 3.44. The van der Waals surface area contributed by atoms with E-state index in [1.54, 1.807) is 0 Å². The lowest BCUT2D eigenvalue weighted by molar-refractivity contribution is -0.137. The number of carboxylic acid groups (broad SMARTS) is 1. The molecule has 0 saturated carbocycles. The molecule has 1 N–H and O–H groups in total. The minimum Gasteiger partial charge on any atom is -0.481 e. The van der Waals surface area contributed by atoms with Gasteiger partial charge in [0, 0.05) is 21.9 Å². The van der Waals surface area contributed by atoms with Crippen LogP contribution in [0.4, 0.5) is 0 Å². The van der Waals surface area contributed by atoms with Gasteiger partial charge in [0.05, 0.1) is 11.7 Å². The Balaban J connectivity index is 1.91. The molecule has 5 heteroatoms. The van der Waals surface area contributed by atoms with Crippen LogP contribution in [0.3, 0.4) is 0 Å². The van der Waals surface area contributed by atoms with Crippen molar-refractivity contribution in [2.24, 2.45) is 0 Å². The highest BCUT2D eigenvalue weighted by Crippen LogP contribution is 2.17. The first-order chi connectivity index (χ1) is 8.66. The molecule has 0 saturated heterocycles. The average molecular weight is 358 g/mol. The van der Waals surface area contributed by atoms with Crippen LogP contribution in [0.5, 0.6) is 0 Å². The van der Waals surface area contributed by atoms with Crippen LogP contribution < -0.4 is 0 Å². The van der Waals surface area contributed by atoms with Crippen molar-refractivity contribution in [1.29, 1.82) is 0 Å². The Morgan fingerprint density at radius 2 is 2.17 bits per heavy atom. The van der Waals surface area contributed by atoms with Gasteiger partial charge < -0.3 is 5.11 Å². The summed E-state index contributed by atoms with van der Waals surface area (Å²) in [5.41, 5.74) is 1.15. The molecule has 0 radical (unpaired) electrons. The molecule has 0 bridgehead atoms.